The van der Waals surface area contributed by atoms with E-state index in [-0.39, 0.29) is 5.41 Å². The Morgan fingerprint density at radius 2 is 1.74 bits per heavy atom. The van der Waals surface area contributed by atoms with Crippen LogP contribution in [-0.2, 0) is 9.53 Å². The molecule has 0 aromatic heterocycles. The molecule has 1 spiro atoms. The molecule has 0 aromatic carbocycles. The number of carbonyl (C=O) groups excluding carboxylic acids is 1. The fourth-order valence-electron chi connectivity index (χ4n) is 4.38. The third-order valence-corrected chi connectivity index (χ3v) is 5.72. The van der Waals surface area contributed by atoms with Gasteiger partial charge in [-0.1, -0.05) is 12.8 Å². The number of nitrogens with zero attached hydrogens (tertiary/aromatic N) is 1. The quantitative estimate of drug-likeness (QED) is 0.735. The summed E-state index contributed by atoms with van der Waals surface area (Å²) >= 11 is 0. The summed E-state index contributed by atoms with van der Waals surface area (Å²) in [5.41, 5.74) is 0.465. The molecule has 0 bridgehead atoms. The van der Waals surface area contributed by atoms with Crippen LogP contribution in [0.5, 0.6) is 0 Å². The van der Waals surface area contributed by atoms with Crippen LogP contribution < -0.4 is 0 Å². The van der Waals surface area contributed by atoms with Gasteiger partial charge in [-0.25, -0.2) is 0 Å². The van der Waals surface area contributed by atoms with Gasteiger partial charge in [0, 0.05) is 13.2 Å². The van der Waals surface area contributed by atoms with Crippen molar-refractivity contribution in [2.75, 3.05) is 32.8 Å². The Labute approximate surface area is 116 Å². The maximum atomic E-state index is 11.5. The van der Waals surface area contributed by atoms with E-state index in [1.54, 1.807) is 0 Å². The summed E-state index contributed by atoms with van der Waals surface area (Å²) in [6.07, 6.45) is 11.7. The molecule has 19 heavy (non-hydrogen) atoms. The summed E-state index contributed by atoms with van der Waals surface area (Å²) in [4.78, 5) is 14.0. The van der Waals surface area contributed by atoms with Gasteiger partial charge in [0.1, 0.15) is 6.29 Å². The van der Waals surface area contributed by atoms with Gasteiger partial charge in [-0.3, -0.25) is 0 Å². The van der Waals surface area contributed by atoms with E-state index in [2.05, 4.69) is 4.90 Å². The summed E-state index contributed by atoms with van der Waals surface area (Å²) in [7, 11) is 0. The van der Waals surface area contributed by atoms with E-state index in [9.17, 15) is 4.79 Å². The Kier molecular flexibility index (Phi) is 3.95. The van der Waals surface area contributed by atoms with Crippen molar-refractivity contribution in [3.63, 3.8) is 0 Å². The lowest BCUT2D eigenvalue weighted by Crippen LogP contribution is -2.48. The fourth-order valence-corrected chi connectivity index (χ4v) is 4.38. The molecular formula is C16H27NO2. The molecule has 3 nitrogen and oxygen atoms in total. The van der Waals surface area contributed by atoms with Gasteiger partial charge >= 0.3 is 0 Å². The third kappa shape index (κ3) is 2.87. The molecule has 108 valence electrons. The number of carbonyl (C=O) groups is 1. The second-order valence-corrected chi connectivity index (χ2v) is 7.12. The second-order valence-electron chi connectivity index (χ2n) is 7.12. The molecule has 1 unspecified atom stereocenters. The van der Waals surface area contributed by atoms with Gasteiger partial charge in [-0.15, -0.1) is 0 Å². The van der Waals surface area contributed by atoms with Crippen LogP contribution in [0.3, 0.4) is 0 Å². The van der Waals surface area contributed by atoms with Crippen molar-refractivity contribution in [1.82, 2.24) is 4.90 Å². The Morgan fingerprint density at radius 3 is 2.32 bits per heavy atom. The van der Waals surface area contributed by atoms with E-state index in [0.29, 0.717) is 12.0 Å². The summed E-state index contributed by atoms with van der Waals surface area (Å²) in [5, 5.41) is 0. The van der Waals surface area contributed by atoms with E-state index in [1.165, 1.54) is 57.9 Å². The molecule has 3 aliphatic rings. The summed E-state index contributed by atoms with van der Waals surface area (Å²) < 4.78 is 5.55. The molecule has 2 heterocycles. The molecule has 0 aromatic rings. The molecule has 0 amide bonds. The zero-order valence-corrected chi connectivity index (χ0v) is 12.0. The summed E-state index contributed by atoms with van der Waals surface area (Å²) in [6.45, 7) is 4.77. The minimum absolute atomic E-state index is 0.210. The predicted octanol–water partition coefficient (Wildman–Crippen LogP) is 2.64. The van der Waals surface area contributed by atoms with Crippen molar-refractivity contribution in [2.45, 2.75) is 51.4 Å². The fraction of sp³-hybridized carbons (Fsp3) is 0.938. The average molecular weight is 265 g/mol. The van der Waals surface area contributed by atoms with Gasteiger partial charge in [0.05, 0.1) is 12.0 Å². The molecule has 3 heteroatoms. The minimum atomic E-state index is -0.210. The van der Waals surface area contributed by atoms with Crippen LogP contribution in [0.2, 0.25) is 0 Å². The summed E-state index contributed by atoms with van der Waals surface area (Å²) in [5.74, 6) is 0. The first-order valence-corrected chi connectivity index (χ1v) is 8.03. The highest BCUT2D eigenvalue weighted by Gasteiger charge is 2.40. The average Bonchev–Trinajstić information content (AvgIpc) is 2.91. The first-order chi connectivity index (χ1) is 9.26. The lowest BCUT2D eigenvalue weighted by atomic mass is 9.76. The lowest BCUT2D eigenvalue weighted by Gasteiger charge is -2.43. The van der Waals surface area contributed by atoms with Crippen molar-refractivity contribution in [2.24, 2.45) is 10.8 Å². The van der Waals surface area contributed by atoms with Crippen LogP contribution in [0.4, 0.5) is 0 Å². The predicted molar refractivity (Wildman–Crippen MR) is 75.1 cm³/mol. The maximum Gasteiger partial charge on any atom is 0.129 e. The number of piperidine rings is 1. The van der Waals surface area contributed by atoms with Crippen LogP contribution in [0.25, 0.3) is 0 Å². The highest BCUT2D eigenvalue weighted by molar-refractivity contribution is 5.60. The SMILES string of the molecule is O=CC1(CN2CCC3(CCCC3)CC2)CCCOC1. The monoisotopic (exact) mass is 265 g/mol. The van der Waals surface area contributed by atoms with Gasteiger partial charge < -0.3 is 14.4 Å². The van der Waals surface area contributed by atoms with E-state index in [4.69, 9.17) is 4.74 Å². The molecule has 2 saturated heterocycles. The van der Waals surface area contributed by atoms with Gasteiger partial charge in [0.25, 0.3) is 0 Å². The number of rotatable bonds is 3. The normalized spacial score (nSPS) is 35.6. The van der Waals surface area contributed by atoms with Crippen LogP contribution in [0, 0.1) is 10.8 Å². The number of hydrogen-bond acceptors (Lipinski definition) is 3. The van der Waals surface area contributed by atoms with Crippen LogP contribution in [-0.4, -0.2) is 44.0 Å². The lowest BCUT2D eigenvalue weighted by molar-refractivity contribution is -0.126. The number of aldehydes is 1. The van der Waals surface area contributed by atoms with Crippen molar-refractivity contribution >= 4 is 6.29 Å². The molecular weight excluding hydrogens is 238 g/mol. The van der Waals surface area contributed by atoms with Crippen LogP contribution in [0.15, 0.2) is 0 Å². The number of likely N-dealkylation sites (tertiary alicyclic amines) is 1. The van der Waals surface area contributed by atoms with Gasteiger partial charge in [0.2, 0.25) is 0 Å². The maximum absolute atomic E-state index is 11.5. The molecule has 3 fully saturated rings. The van der Waals surface area contributed by atoms with Gasteiger partial charge in [0.15, 0.2) is 0 Å². The second kappa shape index (κ2) is 5.53. The smallest absolute Gasteiger partial charge is 0.129 e. The zero-order valence-electron chi connectivity index (χ0n) is 12.0. The Morgan fingerprint density at radius 1 is 1.00 bits per heavy atom. The van der Waals surface area contributed by atoms with E-state index in [1.807, 2.05) is 0 Å². The van der Waals surface area contributed by atoms with Crippen molar-refractivity contribution < 1.29 is 9.53 Å². The van der Waals surface area contributed by atoms with E-state index in [0.717, 1.165) is 26.0 Å². The van der Waals surface area contributed by atoms with Crippen molar-refractivity contribution in [3.8, 4) is 0 Å². The molecule has 3 rings (SSSR count). The summed E-state index contributed by atoms with van der Waals surface area (Å²) in [6, 6.07) is 0. The highest BCUT2D eigenvalue weighted by Crippen LogP contribution is 2.46. The van der Waals surface area contributed by atoms with E-state index >= 15 is 0 Å². The van der Waals surface area contributed by atoms with Crippen molar-refractivity contribution in [3.05, 3.63) is 0 Å². The molecule has 0 radical (unpaired) electrons. The third-order valence-electron chi connectivity index (χ3n) is 5.72. The molecule has 0 N–H and O–H groups in total. The number of ether oxygens (including phenoxy) is 1. The minimum Gasteiger partial charge on any atom is -0.380 e. The standard InChI is InChI=1S/C16H27NO2/c18-13-16(6-3-11-19-14-16)12-17-9-7-15(8-10-17)4-1-2-5-15/h13H,1-12,14H2. The van der Waals surface area contributed by atoms with Crippen LogP contribution in [0.1, 0.15) is 51.4 Å². The van der Waals surface area contributed by atoms with Gasteiger partial charge in [-0.05, 0) is 57.0 Å². The first kappa shape index (κ1) is 13.6. The Balaban J connectivity index is 1.54. The zero-order chi connectivity index (χ0) is 13.2. The molecule has 1 atom stereocenters. The molecule has 2 aliphatic heterocycles. The van der Waals surface area contributed by atoms with E-state index < -0.39 is 0 Å². The highest BCUT2D eigenvalue weighted by atomic mass is 16.5. The van der Waals surface area contributed by atoms with Crippen LogP contribution >= 0.6 is 0 Å². The van der Waals surface area contributed by atoms with Gasteiger partial charge in [-0.2, -0.15) is 0 Å². The Hall–Kier alpha value is -0.410. The topological polar surface area (TPSA) is 29.5 Å². The van der Waals surface area contributed by atoms with Crippen molar-refractivity contribution in [1.29, 1.82) is 0 Å². The molecule has 1 saturated carbocycles. The number of hydrogen-bond donors (Lipinski definition) is 0. The Bertz CT molecular complexity index is 307. The largest absolute Gasteiger partial charge is 0.380 e. The molecule has 1 aliphatic carbocycles. The first-order valence-electron chi connectivity index (χ1n) is 8.03.